The standard InChI is InChI=1S/C14H20FNO3/c1-17-10-8-9(14(16)6-4-5-7-14)12(18-2)11(15)13(10)19-3/h8H,4-7,16H2,1-3H3. The van der Waals surface area contributed by atoms with Crippen LogP contribution in [0.1, 0.15) is 31.2 Å². The first-order chi connectivity index (χ1) is 9.07. The minimum Gasteiger partial charge on any atom is -0.493 e. The van der Waals surface area contributed by atoms with Crippen molar-refractivity contribution in [3.8, 4) is 17.2 Å². The second-order valence-electron chi connectivity index (χ2n) is 4.87. The van der Waals surface area contributed by atoms with Gasteiger partial charge in [-0.3, -0.25) is 0 Å². The minimum atomic E-state index is -0.559. The molecule has 1 aliphatic carbocycles. The van der Waals surface area contributed by atoms with Crippen LogP contribution in [0.5, 0.6) is 17.2 Å². The van der Waals surface area contributed by atoms with Crippen molar-refractivity contribution in [2.24, 2.45) is 5.73 Å². The summed E-state index contributed by atoms with van der Waals surface area (Å²) in [6.07, 6.45) is 3.71. The predicted molar refractivity (Wildman–Crippen MR) is 70.4 cm³/mol. The maximum absolute atomic E-state index is 14.4. The largest absolute Gasteiger partial charge is 0.493 e. The van der Waals surface area contributed by atoms with Crippen LogP contribution in [0.15, 0.2) is 6.07 Å². The molecule has 106 valence electrons. The van der Waals surface area contributed by atoms with E-state index in [-0.39, 0.29) is 11.5 Å². The van der Waals surface area contributed by atoms with Crippen LogP contribution in [0, 0.1) is 5.82 Å². The molecule has 0 spiro atoms. The van der Waals surface area contributed by atoms with Gasteiger partial charge in [0.05, 0.1) is 21.3 Å². The monoisotopic (exact) mass is 269 g/mol. The fraction of sp³-hybridized carbons (Fsp3) is 0.571. The maximum Gasteiger partial charge on any atom is 0.211 e. The lowest BCUT2D eigenvalue weighted by molar-refractivity contribution is 0.309. The average Bonchev–Trinajstić information content (AvgIpc) is 2.85. The van der Waals surface area contributed by atoms with E-state index in [0.29, 0.717) is 11.3 Å². The van der Waals surface area contributed by atoms with Gasteiger partial charge in [0.2, 0.25) is 11.6 Å². The van der Waals surface area contributed by atoms with E-state index >= 15 is 0 Å². The minimum absolute atomic E-state index is 0.0460. The molecule has 19 heavy (non-hydrogen) atoms. The number of hydrogen-bond acceptors (Lipinski definition) is 4. The van der Waals surface area contributed by atoms with Crippen molar-refractivity contribution in [3.63, 3.8) is 0 Å². The predicted octanol–water partition coefficient (Wildman–Crippen LogP) is 2.58. The van der Waals surface area contributed by atoms with E-state index in [1.807, 2.05) is 0 Å². The molecule has 1 aliphatic rings. The molecule has 2 rings (SSSR count). The molecule has 1 aromatic carbocycles. The summed E-state index contributed by atoms with van der Waals surface area (Å²) in [7, 11) is 4.31. The van der Waals surface area contributed by atoms with Crippen molar-refractivity contribution in [1.29, 1.82) is 0 Å². The van der Waals surface area contributed by atoms with Crippen molar-refractivity contribution >= 4 is 0 Å². The van der Waals surface area contributed by atoms with Crippen LogP contribution < -0.4 is 19.9 Å². The second kappa shape index (κ2) is 5.25. The normalized spacial score (nSPS) is 17.3. The number of halogens is 1. The van der Waals surface area contributed by atoms with Crippen LogP contribution in [0.3, 0.4) is 0 Å². The highest BCUT2D eigenvalue weighted by Crippen LogP contribution is 2.47. The zero-order valence-corrected chi connectivity index (χ0v) is 11.6. The summed E-state index contributed by atoms with van der Waals surface area (Å²) in [6, 6.07) is 1.73. The second-order valence-corrected chi connectivity index (χ2v) is 4.87. The molecule has 0 amide bonds. The molecule has 2 N–H and O–H groups in total. The van der Waals surface area contributed by atoms with Crippen LogP contribution in [-0.2, 0) is 5.54 Å². The third-order valence-corrected chi connectivity index (χ3v) is 3.80. The summed E-state index contributed by atoms with van der Waals surface area (Å²) >= 11 is 0. The zero-order valence-electron chi connectivity index (χ0n) is 11.6. The van der Waals surface area contributed by atoms with Gasteiger partial charge in [-0.2, -0.15) is 4.39 Å². The third-order valence-electron chi connectivity index (χ3n) is 3.80. The van der Waals surface area contributed by atoms with Crippen LogP contribution in [0.4, 0.5) is 4.39 Å². The van der Waals surface area contributed by atoms with Gasteiger partial charge in [0.15, 0.2) is 11.5 Å². The van der Waals surface area contributed by atoms with Gasteiger partial charge in [0.1, 0.15) is 0 Å². The Kier molecular flexibility index (Phi) is 3.85. The Hall–Kier alpha value is -1.49. The van der Waals surface area contributed by atoms with Gasteiger partial charge in [0.25, 0.3) is 0 Å². The van der Waals surface area contributed by atoms with Gasteiger partial charge in [-0.25, -0.2) is 0 Å². The molecule has 4 nitrogen and oxygen atoms in total. The van der Waals surface area contributed by atoms with Crippen molar-refractivity contribution in [1.82, 2.24) is 0 Å². The number of nitrogens with two attached hydrogens (primary N) is 1. The van der Waals surface area contributed by atoms with Crippen molar-refractivity contribution in [2.45, 2.75) is 31.2 Å². The Balaban J connectivity index is 2.63. The fourth-order valence-corrected chi connectivity index (χ4v) is 2.78. The smallest absolute Gasteiger partial charge is 0.211 e. The number of benzene rings is 1. The number of ether oxygens (including phenoxy) is 3. The summed E-state index contributed by atoms with van der Waals surface area (Å²) in [5.74, 6) is -0.0182. The molecule has 0 aliphatic heterocycles. The number of hydrogen-bond donors (Lipinski definition) is 1. The van der Waals surface area contributed by atoms with E-state index in [4.69, 9.17) is 19.9 Å². The van der Waals surface area contributed by atoms with Crippen LogP contribution in [0.2, 0.25) is 0 Å². The van der Waals surface area contributed by atoms with E-state index in [1.165, 1.54) is 21.3 Å². The summed E-state index contributed by atoms with van der Waals surface area (Å²) in [6.45, 7) is 0. The van der Waals surface area contributed by atoms with Gasteiger partial charge in [-0.15, -0.1) is 0 Å². The lowest BCUT2D eigenvalue weighted by Gasteiger charge is -2.27. The Morgan fingerprint density at radius 1 is 1.05 bits per heavy atom. The molecule has 1 fully saturated rings. The van der Waals surface area contributed by atoms with Gasteiger partial charge >= 0.3 is 0 Å². The molecular weight excluding hydrogens is 249 g/mol. The lowest BCUT2D eigenvalue weighted by Crippen LogP contribution is -2.33. The Morgan fingerprint density at radius 2 is 1.63 bits per heavy atom. The zero-order chi connectivity index (χ0) is 14.0. The molecule has 0 atom stereocenters. The number of methoxy groups -OCH3 is 3. The van der Waals surface area contributed by atoms with Gasteiger partial charge in [0, 0.05) is 11.1 Å². The van der Waals surface area contributed by atoms with Gasteiger partial charge in [-0.05, 0) is 18.9 Å². The Morgan fingerprint density at radius 3 is 2.11 bits per heavy atom. The molecule has 0 radical (unpaired) electrons. The molecule has 0 bridgehead atoms. The highest BCUT2D eigenvalue weighted by Gasteiger charge is 2.37. The van der Waals surface area contributed by atoms with Crippen molar-refractivity contribution < 1.29 is 18.6 Å². The first kappa shape index (κ1) is 13.9. The van der Waals surface area contributed by atoms with E-state index in [1.54, 1.807) is 6.07 Å². The first-order valence-corrected chi connectivity index (χ1v) is 6.35. The van der Waals surface area contributed by atoms with E-state index in [9.17, 15) is 4.39 Å². The van der Waals surface area contributed by atoms with Gasteiger partial charge < -0.3 is 19.9 Å². The summed E-state index contributed by atoms with van der Waals surface area (Å²) in [4.78, 5) is 0. The average molecular weight is 269 g/mol. The molecule has 0 unspecified atom stereocenters. The van der Waals surface area contributed by atoms with E-state index < -0.39 is 11.4 Å². The topological polar surface area (TPSA) is 53.7 Å². The number of rotatable bonds is 4. The van der Waals surface area contributed by atoms with Crippen LogP contribution in [-0.4, -0.2) is 21.3 Å². The molecular formula is C14H20FNO3. The fourth-order valence-electron chi connectivity index (χ4n) is 2.78. The van der Waals surface area contributed by atoms with Gasteiger partial charge in [-0.1, -0.05) is 12.8 Å². The molecule has 1 aromatic rings. The molecule has 0 heterocycles. The summed E-state index contributed by atoms with van der Waals surface area (Å²) < 4.78 is 29.8. The quantitative estimate of drug-likeness (QED) is 0.912. The van der Waals surface area contributed by atoms with Crippen LogP contribution in [0.25, 0.3) is 0 Å². The summed E-state index contributed by atoms with van der Waals surface area (Å²) in [5.41, 5.74) is 6.50. The van der Waals surface area contributed by atoms with Crippen molar-refractivity contribution in [2.75, 3.05) is 21.3 Å². The molecule has 1 saturated carbocycles. The highest BCUT2D eigenvalue weighted by molar-refractivity contribution is 5.54. The van der Waals surface area contributed by atoms with E-state index in [0.717, 1.165) is 25.7 Å². The van der Waals surface area contributed by atoms with Crippen molar-refractivity contribution in [3.05, 3.63) is 17.4 Å². The molecule has 0 saturated heterocycles. The molecule has 0 aromatic heterocycles. The summed E-state index contributed by atoms with van der Waals surface area (Å²) in [5, 5.41) is 0. The maximum atomic E-state index is 14.4. The highest BCUT2D eigenvalue weighted by atomic mass is 19.1. The molecule has 5 heteroatoms. The van der Waals surface area contributed by atoms with Crippen LogP contribution >= 0.6 is 0 Å². The lowest BCUT2D eigenvalue weighted by atomic mass is 9.88. The first-order valence-electron chi connectivity index (χ1n) is 6.35. The Bertz CT molecular complexity index is 470. The SMILES string of the molecule is COc1cc(C2(N)CCCC2)c(OC)c(F)c1OC. The third kappa shape index (κ3) is 2.23. The van der Waals surface area contributed by atoms with E-state index in [2.05, 4.69) is 0 Å². The Labute approximate surface area is 112 Å².